The van der Waals surface area contributed by atoms with Crippen LogP contribution in [0.5, 0.6) is 0 Å². The summed E-state index contributed by atoms with van der Waals surface area (Å²) in [5.41, 5.74) is 1.26. The van der Waals surface area contributed by atoms with Crippen LogP contribution in [0.25, 0.3) is 0 Å². The summed E-state index contributed by atoms with van der Waals surface area (Å²) >= 11 is 0. The Kier molecular flexibility index (Phi) is 4.74. The van der Waals surface area contributed by atoms with Crippen molar-refractivity contribution in [1.29, 1.82) is 0 Å². The normalized spacial score (nSPS) is 28.2. The topological polar surface area (TPSA) is 27.7 Å². The Labute approximate surface area is 144 Å². The Morgan fingerprint density at radius 1 is 1.04 bits per heavy atom. The molecule has 0 bridgehead atoms. The largest absolute Gasteiger partial charge is 0.375 e. The van der Waals surface area contributed by atoms with Crippen molar-refractivity contribution in [3.05, 3.63) is 30.1 Å². The highest BCUT2D eigenvalue weighted by atomic mass is 19.1. The predicted octanol–water partition coefficient (Wildman–Crippen LogP) is 2.25. The van der Waals surface area contributed by atoms with Gasteiger partial charge in [0.1, 0.15) is 5.82 Å². The Hall–Kier alpha value is -1.17. The molecule has 132 valence electrons. The van der Waals surface area contributed by atoms with Crippen LogP contribution in [-0.2, 0) is 4.74 Å². The molecule has 1 aromatic carbocycles. The van der Waals surface area contributed by atoms with Crippen molar-refractivity contribution in [3.8, 4) is 0 Å². The monoisotopic (exact) mass is 333 g/mol. The number of anilines is 1. The van der Waals surface area contributed by atoms with Crippen molar-refractivity contribution >= 4 is 5.69 Å². The Morgan fingerprint density at radius 2 is 1.75 bits per heavy atom. The lowest BCUT2D eigenvalue weighted by atomic mass is 9.82. The fourth-order valence-electron chi connectivity index (χ4n) is 4.54. The lowest BCUT2D eigenvalue weighted by molar-refractivity contribution is -0.121. The molecule has 4 nitrogen and oxygen atoms in total. The van der Waals surface area contributed by atoms with E-state index in [1.807, 2.05) is 12.1 Å². The Bertz CT molecular complexity index is 531. The van der Waals surface area contributed by atoms with E-state index in [1.165, 1.54) is 6.42 Å². The van der Waals surface area contributed by atoms with Crippen molar-refractivity contribution in [3.63, 3.8) is 0 Å². The molecular weight excluding hydrogens is 305 g/mol. The van der Waals surface area contributed by atoms with Gasteiger partial charge < -0.3 is 15.0 Å². The van der Waals surface area contributed by atoms with E-state index in [0.29, 0.717) is 6.04 Å². The van der Waals surface area contributed by atoms with Crippen LogP contribution in [0.2, 0.25) is 0 Å². The van der Waals surface area contributed by atoms with E-state index < -0.39 is 0 Å². The number of nitrogens with zero attached hydrogens (tertiary/aromatic N) is 2. The summed E-state index contributed by atoms with van der Waals surface area (Å²) in [5.74, 6) is -0.160. The van der Waals surface area contributed by atoms with Crippen LogP contribution in [0, 0.1) is 5.82 Å². The molecule has 0 aliphatic carbocycles. The molecule has 3 aliphatic heterocycles. The molecule has 3 fully saturated rings. The van der Waals surface area contributed by atoms with Gasteiger partial charge in [0, 0.05) is 44.5 Å². The molecule has 1 atom stereocenters. The maximum absolute atomic E-state index is 13.1. The third-order valence-corrected chi connectivity index (χ3v) is 6.00. The molecule has 4 rings (SSSR count). The van der Waals surface area contributed by atoms with E-state index in [1.54, 1.807) is 12.1 Å². The molecule has 3 heterocycles. The van der Waals surface area contributed by atoms with Gasteiger partial charge in [-0.2, -0.15) is 0 Å². The van der Waals surface area contributed by atoms with Crippen LogP contribution < -0.4 is 10.2 Å². The molecule has 0 saturated carbocycles. The third-order valence-electron chi connectivity index (χ3n) is 6.00. The van der Waals surface area contributed by atoms with Crippen LogP contribution in [0.3, 0.4) is 0 Å². The number of rotatable bonds is 2. The second-order valence-corrected chi connectivity index (χ2v) is 7.43. The highest BCUT2D eigenvalue weighted by molar-refractivity contribution is 5.46. The van der Waals surface area contributed by atoms with Gasteiger partial charge in [0.05, 0.1) is 5.60 Å². The number of ether oxygens (including phenoxy) is 1. The second-order valence-electron chi connectivity index (χ2n) is 7.43. The summed E-state index contributed by atoms with van der Waals surface area (Å²) in [6.45, 7) is 7.32. The zero-order valence-electron chi connectivity index (χ0n) is 14.3. The number of piperazine rings is 1. The van der Waals surface area contributed by atoms with Gasteiger partial charge in [-0.1, -0.05) is 0 Å². The molecule has 24 heavy (non-hydrogen) atoms. The maximum Gasteiger partial charge on any atom is 0.123 e. The zero-order chi connectivity index (χ0) is 16.4. The van der Waals surface area contributed by atoms with Gasteiger partial charge in [-0.15, -0.1) is 0 Å². The first-order valence-corrected chi connectivity index (χ1v) is 9.33. The average molecular weight is 333 g/mol. The van der Waals surface area contributed by atoms with Gasteiger partial charge >= 0.3 is 0 Å². The van der Waals surface area contributed by atoms with Crippen molar-refractivity contribution in [2.45, 2.75) is 37.3 Å². The molecule has 0 radical (unpaired) electrons. The van der Waals surface area contributed by atoms with E-state index in [0.717, 1.165) is 70.8 Å². The molecule has 1 spiro atoms. The minimum absolute atomic E-state index is 0.127. The van der Waals surface area contributed by atoms with Crippen molar-refractivity contribution in [2.75, 3.05) is 50.8 Å². The molecule has 1 N–H and O–H groups in total. The lowest BCUT2D eigenvalue weighted by Gasteiger charge is -2.48. The van der Waals surface area contributed by atoms with Crippen LogP contribution in [0.1, 0.15) is 25.7 Å². The van der Waals surface area contributed by atoms with Crippen molar-refractivity contribution in [1.82, 2.24) is 10.2 Å². The maximum atomic E-state index is 13.1. The first kappa shape index (κ1) is 16.3. The second kappa shape index (κ2) is 6.98. The molecular formula is C19H28FN3O. The smallest absolute Gasteiger partial charge is 0.123 e. The molecule has 3 saturated heterocycles. The number of hydrogen-bond acceptors (Lipinski definition) is 4. The Morgan fingerprint density at radius 3 is 2.46 bits per heavy atom. The fraction of sp³-hybridized carbons (Fsp3) is 0.684. The number of hydrogen-bond donors (Lipinski definition) is 1. The van der Waals surface area contributed by atoms with Crippen molar-refractivity contribution < 1.29 is 9.13 Å². The molecule has 1 unspecified atom stereocenters. The number of piperidine rings is 1. The molecule has 0 amide bonds. The standard InChI is InChI=1S/C19H28FN3O/c20-16-1-3-17(4-2-16)22-10-12-23(13-11-22)18-5-14-24-19(15-18)6-8-21-9-7-19/h1-4,18,21H,5-15H2. The first-order valence-electron chi connectivity index (χ1n) is 9.33. The number of nitrogens with one attached hydrogen (secondary N) is 1. The summed E-state index contributed by atoms with van der Waals surface area (Å²) < 4.78 is 19.3. The highest BCUT2D eigenvalue weighted by Gasteiger charge is 2.40. The van der Waals surface area contributed by atoms with Gasteiger partial charge in [0.25, 0.3) is 0 Å². The third kappa shape index (κ3) is 3.44. The molecule has 5 heteroatoms. The number of halogens is 1. The quantitative estimate of drug-likeness (QED) is 0.898. The van der Waals surface area contributed by atoms with Crippen molar-refractivity contribution in [2.24, 2.45) is 0 Å². The van der Waals surface area contributed by atoms with Gasteiger partial charge in [-0.25, -0.2) is 4.39 Å². The van der Waals surface area contributed by atoms with Gasteiger partial charge in [0.15, 0.2) is 0 Å². The summed E-state index contributed by atoms with van der Waals surface area (Å²) in [6.07, 6.45) is 4.65. The summed E-state index contributed by atoms with van der Waals surface area (Å²) in [5, 5.41) is 3.45. The van der Waals surface area contributed by atoms with Crippen LogP contribution in [-0.4, -0.2) is 62.4 Å². The predicted molar refractivity (Wildman–Crippen MR) is 94.0 cm³/mol. The molecule has 1 aromatic rings. The minimum atomic E-state index is -0.160. The summed E-state index contributed by atoms with van der Waals surface area (Å²) in [6, 6.07) is 7.56. The molecule has 3 aliphatic rings. The average Bonchev–Trinajstić information content (AvgIpc) is 2.63. The van der Waals surface area contributed by atoms with Gasteiger partial charge in [0.2, 0.25) is 0 Å². The highest BCUT2D eigenvalue weighted by Crippen LogP contribution is 2.35. The van der Waals surface area contributed by atoms with E-state index in [-0.39, 0.29) is 11.4 Å². The van der Waals surface area contributed by atoms with Crippen LogP contribution >= 0.6 is 0 Å². The minimum Gasteiger partial charge on any atom is -0.375 e. The van der Waals surface area contributed by atoms with Gasteiger partial charge in [-0.05, 0) is 63.0 Å². The van der Waals surface area contributed by atoms with E-state index in [4.69, 9.17) is 4.74 Å². The lowest BCUT2D eigenvalue weighted by Crippen LogP contribution is -2.56. The zero-order valence-corrected chi connectivity index (χ0v) is 14.3. The SMILES string of the molecule is Fc1ccc(N2CCN(C3CCOC4(CCNCC4)C3)CC2)cc1. The van der Waals surface area contributed by atoms with Gasteiger partial charge in [-0.3, -0.25) is 4.90 Å². The summed E-state index contributed by atoms with van der Waals surface area (Å²) in [7, 11) is 0. The van der Waals surface area contributed by atoms with Crippen LogP contribution in [0.15, 0.2) is 24.3 Å². The first-order chi connectivity index (χ1) is 11.7. The van der Waals surface area contributed by atoms with E-state index >= 15 is 0 Å². The Balaban J connectivity index is 1.34. The summed E-state index contributed by atoms with van der Waals surface area (Å²) in [4.78, 5) is 5.03. The molecule has 0 aromatic heterocycles. The fourth-order valence-corrected chi connectivity index (χ4v) is 4.54. The van der Waals surface area contributed by atoms with Crippen LogP contribution in [0.4, 0.5) is 10.1 Å². The number of benzene rings is 1. The van der Waals surface area contributed by atoms with E-state index in [9.17, 15) is 4.39 Å². The van der Waals surface area contributed by atoms with E-state index in [2.05, 4.69) is 15.1 Å².